The van der Waals surface area contributed by atoms with Crippen molar-refractivity contribution in [3.8, 4) is 0 Å². The molecule has 0 spiro atoms. The standard InChI is InChI=1S/C7H8O3/c1-2-5-3-4-6(10-5)7(8)9/h3-4H,2H2,1H3,(H,8,9). The Bertz CT molecular complexity index is 237. The van der Waals surface area contributed by atoms with Gasteiger partial charge >= 0.3 is 5.97 Å². The first-order valence-corrected chi connectivity index (χ1v) is 3.06. The van der Waals surface area contributed by atoms with Crippen molar-refractivity contribution < 1.29 is 14.3 Å². The zero-order chi connectivity index (χ0) is 7.56. The molecular formula is C7H8O3. The molecule has 1 aromatic rings. The first-order chi connectivity index (χ1) is 4.74. The molecule has 1 rings (SSSR count). The molecule has 0 unspecified atom stereocenters. The maximum Gasteiger partial charge on any atom is 0.371 e. The zero-order valence-corrected chi connectivity index (χ0v) is 5.63. The maximum absolute atomic E-state index is 10.2. The third-order valence-electron chi connectivity index (χ3n) is 1.22. The fourth-order valence-electron chi connectivity index (χ4n) is 0.683. The second-order valence-corrected chi connectivity index (χ2v) is 1.92. The monoisotopic (exact) mass is 140 g/mol. The van der Waals surface area contributed by atoms with Crippen LogP contribution in [0.25, 0.3) is 0 Å². The quantitative estimate of drug-likeness (QED) is 0.677. The van der Waals surface area contributed by atoms with Crippen molar-refractivity contribution in [3.05, 3.63) is 23.7 Å². The van der Waals surface area contributed by atoms with Gasteiger partial charge in [0.05, 0.1) is 0 Å². The Morgan fingerprint density at radius 3 is 2.70 bits per heavy atom. The Balaban J connectivity index is 2.88. The van der Waals surface area contributed by atoms with Gasteiger partial charge in [-0.1, -0.05) is 6.92 Å². The Morgan fingerprint density at radius 2 is 2.40 bits per heavy atom. The highest BCUT2D eigenvalue weighted by atomic mass is 16.4. The topological polar surface area (TPSA) is 50.4 Å². The van der Waals surface area contributed by atoms with Gasteiger partial charge in [0.2, 0.25) is 5.76 Å². The molecule has 0 atom stereocenters. The lowest BCUT2D eigenvalue weighted by Gasteiger charge is -1.85. The van der Waals surface area contributed by atoms with Gasteiger partial charge in [0.25, 0.3) is 0 Å². The van der Waals surface area contributed by atoms with Gasteiger partial charge in [0, 0.05) is 6.42 Å². The summed E-state index contributed by atoms with van der Waals surface area (Å²) >= 11 is 0. The Morgan fingerprint density at radius 1 is 1.70 bits per heavy atom. The molecule has 0 radical (unpaired) electrons. The van der Waals surface area contributed by atoms with Crippen LogP contribution in [0.2, 0.25) is 0 Å². The van der Waals surface area contributed by atoms with Crippen LogP contribution in [0.5, 0.6) is 0 Å². The summed E-state index contributed by atoms with van der Waals surface area (Å²) in [5.74, 6) is -0.297. The predicted molar refractivity (Wildman–Crippen MR) is 35.0 cm³/mol. The van der Waals surface area contributed by atoms with Crippen molar-refractivity contribution in [2.24, 2.45) is 0 Å². The minimum absolute atomic E-state index is 0.0110. The molecule has 0 aliphatic rings. The number of carboxylic acids is 1. The summed E-state index contributed by atoms with van der Waals surface area (Å²) in [6.45, 7) is 1.91. The average Bonchev–Trinajstić information content (AvgIpc) is 2.34. The SMILES string of the molecule is CCc1ccc(C(=O)O)o1. The average molecular weight is 140 g/mol. The molecule has 0 aliphatic heterocycles. The van der Waals surface area contributed by atoms with Crippen LogP contribution in [0.3, 0.4) is 0 Å². The molecule has 10 heavy (non-hydrogen) atoms. The summed E-state index contributed by atoms with van der Waals surface area (Å²) in [4.78, 5) is 10.2. The molecule has 0 saturated heterocycles. The van der Waals surface area contributed by atoms with E-state index in [1.165, 1.54) is 6.07 Å². The van der Waals surface area contributed by atoms with Gasteiger partial charge in [-0.2, -0.15) is 0 Å². The van der Waals surface area contributed by atoms with E-state index in [9.17, 15) is 4.79 Å². The van der Waals surface area contributed by atoms with Crippen molar-refractivity contribution in [3.63, 3.8) is 0 Å². The molecule has 0 fully saturated rings. The van der Waals surface area contributed by atoms with E-state index < -0.39 is 5.97 Å². The third-order valence-corrected chi connectivity index (χ3v) is 1.22. The van der Waals surface area contributed by atoms with Gasteiger partial charge < -0.3 is 9.52 Å². The number of hydrogen-bond acceptors (Lipinski definition) is 2. The normalized spacial score (nSPS) is 9.70. The molecule has 3 heteroatoms. The van der Waals surface area contributed by atoms with Crippen LogP contribution < -0.4 is 0 Å². The van der Waals surface area contributed by atoms with Gasteiger partial charge in [-0.05, 0) is 12.1 Å². The predicted octanol–water partition coefficient (Wildman–Crippen LogP) is 1.54. The van der Waals surface area contributed by atoms with Crippen molar-refractivity contribution in [1.82, 2.24) is 0 Å². The highest BCUT2D eigenvalue weighted by molar-refractivity contribution is 5.84. The Hall–Kier alpha value is -1.25. The molecular weight excluding hydrogens is 132 g/mol. The highest BCUT2D eigenvalue weighted by Gasteiger charge is 2.06. The summed E-state index contributed by atoms with van der Waals surface area (Å²) in [5, 5.41) is 8.40. The van der Waals surface area contributed by atoms with E-state index in [4.69, 9.17) is 9.52 Å². The van der Waals surface area contributed by atoms with Crippen LogP contribution in [0.4, 0.5) is 0 Å². The second-order valence-electron chi connectivity index (χ2n) is 1.92. The molecule has 0 saturated carbocycles. The molecule has 1 N–H and O–H groups in total. The van der Waals surface area contributed by atoms with Crippen LogP contribution in [0.1, 0.15) is 23.2 Å². The van der Waals surface area contributed by atoms with Gasteiger partial charge in [-0.3, -0.25) is 0 Å². The number of aryl methyl sites for hydroxylation is 1. The lowest BCUT2D eigenvalue weighted by atomic mass is 10.4. The summed E-state index contributed by atoms with van der Waals surface area (Å²) in [6, 6.07) is 3.13. The molecule has 1 heterocycles. The summed E-state index contributed by atoms with van der Waals surface area (Å²) in [6.07, 6.45) is 0.729. The summed E-state index contributed by atoms with van der Waals surface area (Å²) in [7, 11) is 0. The minimum Gasteiger partial charge on any atom is -0.475 e. The molecule has 0 amide bonds. The van der Waals surface area contributed by atoms with Crippen LogP contribution in [0, 0.1) is 0 Å². The number of aromatic carboxylic acids is 1. The van der Waals surface area contributed by atoms with Gasteiger partial charge in [-0.25, -0.2) is 4.79 Å². The van der Waals surface area contributed by atoms with E-state index in [1.54, 1.807) is 6.07 Å². The molecule has 3 nitrogen and oxygen atoms in total. The number of carbonyl (C=O) groups is 1. The van der Waals surface area contributed by atoms with E-state index in [0.717, 1.165) is 6.42 Å². The van der Waals surface area contributed by atoms with Crippen LogP contribution in [-0.4, -0.2) is 11.1 Å². The Kier molecular flexibility index (Phi) is 1.76. The molecule has 54 valence electrons. The van der Waals surface area contributed by atoms with E-state index >= 15 is 0 Å². The first kappa shape index (κ1) is 6.86. The van der Waals surface area contributed by atoms with E-state index in [1.807, 2.05) is 6.92 Å². The van der Waals surface area contributed by atoms with Crippen molar-refractivity contribution in [1.29, 1.82) is 0 Å². The number of rotatable bonds is 2. The van der Waals surface area contributed by atoms with Gasteiger partial charge in [-0.15, -0.1) is 0 Å². The number of hydrogen-bond donors (Lipinski definition) is 1. The summed E-state index contributed by atoms with van der Waals surface area (Å²) in [5.41, 5.74) is 0. The summed E-state index contributed by atoms with van der Waals surface area (Å²) < 4.78 is 4.89. The molecule has 1 aromatic heterocycles. The van der Waals surface area contributed by atoms with Crippen LogP contribution >= 0.6 is 0 Å². The Labute approximate surface area is 58.3 Å². The number of furan rings is 1. The third kappa shape index (κ3) is 1.18. The highest BCUT2D eigenvalue weighted by Crippen LogP contribution is 2.07. The second kappa shape index (κ2) is 2.56. The van der Waals surface area contributed by atoms with Gasteiger partial charge in [0.1, 0.15) is 5.76 Å². The van der Waals surface area contributed by atoms with Crippen molar-refractivity contribution in [2.45, 2.75) is 13.3 Å². The minimum atomic E-state index is -1.01. The van der Waals surface area contributed by atoms with Crippen molar-refractivity contribution >= 4 is 5.97 Å². The van der Waals surface area contributed by atoms with E-state index in [2.05, 4.69) is 0 Å². The van der Waals surface area contributed by atoms with Gasteiger partial charge in [0.15, 0.2) is 0 Å². The van der Waals surface area contributed by atoms with Crippen LogP contribution in [-0.2, 0) is 6.42 Å². The van der Waals surface area contributed by atoms with E-state index in [-0.39, 0.29) is 5.76 Å². The maximum atomic E-state index is 10.2. The number of carboxylic acid groups (broad SMARTS) is 1. The molecule has 0 bridgehead atoms. The van der Waals surface area contributed by atoms with E-state index in [0.29, 0.717) is 5.76 Å². The zero-order valence-electron chi connectivity index (χ0n) is 5.63. The smallest absolute Gasteiger partial charge is 0.371 e. The fraction of sp³-hybridized carbons (Fsp3) is 0.286. The first-order valence-electron chi connectivity index (χ1n) is 3.06. The lowest BCUT2D eigenvalue weighted by molar-refractivity contribution is 0.0660. The largest absolute Gasteiger partial charge is 0.475 e. The molecule has 0 aliphatic carbocycles. The fourth-order valence-corrected chi connectivity index (χ4v) is 0.683. The lowest BCUT2D eigenvalue weighted by Crippen LogP contribution is -1.91. The van der Waals surface area contributed by atoms with Crippen LogP contribution in [0.15, 0.2) is 16.5 Å². The molecule has 0 aromatic carbocycles. The van der Waals surface area contributed by atoms with Crippen molar-refractivity contribution in [2.75, 3.05) is 0 Å².